The Balaban J connectivity index is 1.24. The van der Waals surface area contributed by atoms with Gasteiger partial charge >= 0.3 is 0 Å². The molecule has 3 aromatic heterocycles. The largest absolute Gasteiger partial charge is 0.383 e. The van der Waals surface area contributed by atoms with Crippen LogP contribution in [0.2, 0.25) is 0 Å². The van der Waals surface area contributed by atoms with Gasteiger partial charge in [0.1, 0.15) is 5.82 Å². The number of nitrogens with two attached hydrogens (primary N) is 1. The minimum absolute atomic E-state index is 0.513. The van der Waals surface area contributed by atoms with Crippen molar-refractivity contribution in [3.63, 3.8) is 0 Å². The molecule has 0 atom stereocenters. The lowest BCUT2D eigenvalue weighted by molar-refractivity contribution is 0.982. The minimum Gasteiger partial charge on any atom is -0.383 e. The third-order valence-corrected chi connectivity index (χ3v) is 5.86. The normalized spacial score (nSPS) is 11.3. The van der Waals surface area contributed by atoms with E-state index >= 15 is 0 Å². The molecular weight excluding hydrogens is 398 g/mol. The molecule has 0 fully saturated rings. The maximum Gasteiger partial charge on any atom is 0.224 e. The first kappa shape index (κ1) is 19.9. The number of aromatic amines is 2. The van der Waals surface area contributed by atoms with E-state index in [4.69, 9.17) is 5.73 Å². The van der Waals surface area contributed by atoms with Gasteiger partial charge in [0.25, 0.3) is 0 Å². The Morgan fingerprint density at radius 3 is 2.72 bits per heavy atom. The molecule has 3 heterocycles. The van der Waals surface area contributed by atoms with E-state index in [1.54, 1.807) is 0 Å². The number of nitrogens with one attached hydrogen (secondary N) is 3. The predicted molar refractivity (Wildman–Crippen MR) is 132 cm³/mol. The van der Waals surface area contributed by atoms with Gasteiger partial charge in [-0.05, 0) is 59.3 Å². The van der Waals surface area contributed by atoms with E-state index < -0.39 is 0 Å². The SMILES string of the molecule is CN(C)c1ccc2[nH]cc(CCNc3ncc(Cc4ccc5[nH]ccc5c4)c(N)n3)c2c1. The number of fused-ring (bicyclic) bond motifs is 2. The van der Waals surface area contributed by atoms with Crippen molar-refractivity contribution in [3.05, 3.63) is 77.7 Å². The maximum atomic E-state index is 6.24. The number of hydrogen-bond acceptors (Lipinski definition) is 5. The molecule has 7 heteroatoms. The monoisotopic (exact) mass is 425 g/mol. The molecule has 0 unspecified atom stereocenters. The summed E-state index contributed by atoms with van der Waals surface area (Å²) in [7, 11) is 4.11. The molecule has 162 valence electrons. The van der Waals surface area contributed by atoms with Crippen LogP contribution in [0.15, 0.2) is 61.1 Å². The predicted octanol–water partition coefficient (Wildman–Crippen LogP) is 4.33. The third-order valence-electron chi connectivity index (χ3n) is 5.86. The van der Waals surface area contributed by atoms with E-state index in [9.17, 15) is 0 Å². The molecule has 5 N–H and O–H groups in total. The summed E-state index contributed by atoms with van der Waals surface area (Å²) in [5, 5.41) is 5.74. The van der Waals surface area contributed by atoms with E-state index in [0.717, 1.165) is 29.6 Å². The zero-order chi connectivity index (χ0) is 22.1. The molecule has 7 nitrogen and oxygen atoms in total. The first-order valence-electron chi connectivity index (χ1n) is 10.8. The Bertz CT molecular complexity index is 1380. The Kier molecular flexibility index (Phi) is 5.15. The molecule has 0 amide bonds. The Labute approximate surface area is 186 Å². The molecule has 0 aliphatic carbocycles. The van der Waals surface area contributed by atoms with Crippen LogP contribution in [0.4, 0.5) is 17.5 Å². The lowest BCUT2D eigenvalue weighted by Crippen LogP contribution is -2.10. The number of hydrogen-bond donors (Lipinski definition) is 4. The average molecular weight is 426 g/mol. The molecule has 32 heavy (non-hydrogen) atoms. The molecule has 0 radical (unpaired) electrons. The maximum absolute atomic E-state index is 6.24. The zero-order valence-corrected chi connectivity index (χ0v) is 18.3. The second kappa shape index (κ2) is 8.26. The number of nitrogen functional groups attached to an aromatic ring is 1. The Hall–Kier alpha value is -4.00. The van der Waals surface area contributed by atoms with Crippen LogP contribution >= 0.6 is 0 Å². The van der Waals surface area contributed by atoms with Gasteiger partial charge in [0, 0.05) is 73.3 Å². The first-order chi connectivity index (χ1) is 15.6. The molecule has 0 aliphatic heterocycles. The zero-order valence-electron chi connectivity index (χ0n) is 18.3. The van der Waals surface area contributed by atoms with Gasteiger partial charge < -0.3 is 25.9 Å². The lowest BCUT2D eigenvalue weighted by Gasteiger charge is -2.12. The Morgan fingerprint density at radius 1 is 1.00 bits per heavy atom. The number of aromatic nitrogens is 4. The molecule has 5 rings (SSSR count). The molecule has 5 aromatic rings. The lowest BCUT2D eigenvalue weighted by atomic mass is 10.1. The summed E-state index contributed by atoms with van der Waals surface area (Å²) >= 11 is 0. The number of nitrogens with zero attached hydrogens (tertiary/aromatic N) is 3. The summed E-state index contributed by atoms with van der Waals surface area (Å²) in [4.78, 5) is 17.6. The van der Waals surface area contributed by atoms with Crippen LogP contribution in [0, 0.1) is 0 Å². The van der Waals surface area contributed by atoms with Crippen molar-refractivity contribution in [2.24, 2.45) is 0 Å². The summed E-state index contributed by atoms with van der Waals surface area (Å²) in [5.74, 6) is 1.07. The van der Waals surface area contributed by atoms with E-state index in [1.165, 1.54) is 27.6 Å². The van der Waals surface area contributed by atoms with Gasteiger partial charge in [0.05, 0.1) is 0 Å². The fraction of sp³-hybridized carbons (Fsp3) is 0.200. The van der Waals surface area contributed by atoms with Crippen molar-refractivity contribution >= 4 is 39.3 Å². The van der Waals surface area contributed by atoms with Crippen molar-refractivity contribution in [1.29, 1.82) is 0 Å². The van der Waals surface area contributed by atoms with Crippen molar-refractivity contribution in [1.82, 2.24) is 19.9 Å². The molecule has 0 spiro atoms. The highest BCUT2D eigenvalue weighted by Crippen LogP contribution is 2.24. The van der Waals surface area contributed by atoms with Crippen LogP contribution in [0.5, 0.6) is 0 Å². The third kappa shape index (κ3) is 3.97. The summed E-state index contributed by atoms with van der Waals surface area (Å²) < 4.78 is 0. The summed E-state index contributed by atoms with van der Waals surface area (Å²) in [6.45, 7) is 0.724. The highest BCUT2D eigenvalue weighted by Gasteiger charge is 2.09. The van der Waals surface area contributed by atoms with Gasteiger partial charge in [-0.3, -0.25) is 0 Å². The number of anilines is 3. The number of benzene rings is 2. The minimum atomic E-state index is 0.513. The smallest absolute Gasteiger partial charge is 0.224 e. The number of H-pyrrole nitrogens is 2. The van der Waals surface area contributed by atoms with E-state index in [-0.39, 0.29) is 0 Å². The standard InChI is InChI=1S/C25H27N7/c1-32(2)20-4-6-23-21(13-20)18(14-29-23)8-10-28-25-30-15-19(24(26)31-25)12-16-3-5-22-17(11-16)7-9-27-22/h3-7,9,11,13-15,27,29H,8,10,12H2,1-2H3,(H3,26,28,30,31). The number of rotatable bonds is 7. The van der Waals surface area contributed by atoms with Crippen LogP contribution in [0.3, 0.4) is 0 Å². The van der Waals surface area contributed by atoms with E-state index in [0.29, 0.717) is 18.2 Å². The molecule has 0 saturated carbocycles. The van der Waals surface area contributed by atoms with Crippen LogP contribution in [0.25, 0.3) is 21.8 Å². The highest BCUT2D eigenvalue weighted by atomic mass is 15.1. The Morgan fingerprint density at radius 2 is 1.88 bits per heavy atom. The quantitative estimate of drug-likeness (QED) is 0.311. The fourth-order valence-electron chi connectivity index (χ4n) is 4.03. The summed E-state index contributed by atoms with van der Waals surface area (Å²) in [5.41, 5.74) is 13.1. The molecule has 2 aromatic carbocycles. The van der Waals surface area contributed by atoms with E-state index in [1.807, 2.05) is 12.4 Å². The average Bonchev–Trinajstić information content (AvgIpc) is 3.42. The van der Waals surface area contributed by atoms with Gasteiger partial charge in [-0.1, -0.05) is 6.07 Å². The van der Waals surface area contributed by atoms with Crippen LogP contribution in [0.1, 0.15) is 16.7 Å². The van der Waals surface area contributed by atoms with Crippen molar-refractivity contribution in [2.75, 3.05) is 36.6 Å². The molecule has 0 saturated heterocycles. The second-order valence-electron chi connectivity index (χ2n) is 8.30. The van der Waals surface area contributed by atoms with Gasteiger partial charge in [0.2, 0.25) is 5.95 Å². The van der Waals surface area contributed by atoms with Crippen molar-refractivity contribution in [2.45, 2.75) is 12.8 Å². The van der Waals surface area contributed by atoms with Crippen LogP contribution in [-0.2, 0) is 12.8 Å². The molecule has 0 aliphatic rings. The second-order valence-corrected chi connectivity index (χ2v) is 8.30. The topological polar surface area (TPSA) is 98.7 Å². The van der Waals surface area contributed by atoms with Gasteiger partial charge in [-0.15, -0.1) is 0 Å². The van der Waals surface area contributed by atoms with E-state index in [2.05, 4.69) is 92.9 Å². The van der Waals surface area contributed by atoms with Gasteiger partial charge in [-0.25, -0.2) is 4.98 Å². The van der Waals surface area contributed by atoms with Crippen molar-refractivity contribution in [3.8, 4) is 0 Å². The molecular formula is C25H27N7. The summed E-state index contributed by atoms with van der Waals surface area (Å²) in [6.07, 6.45) is 7.41. The fourth-order valence-corrected chi connectivity index (χ4v) is 4.03. The summed E-state index contributed by atoms with van der Waals surface area (Å²) in [6, 6.07) is 14.9. The molecule has 0 bridgehead atoms. The first-order valence-corrected chi connectivity index (χ1v) is 10.8. The van der Waals surface area contributed by atoms with Gasteiger partial charge in [-0.2, -0.15) is 4.98 Å². The van der Waals surface area contributed by atoms with Crippen LogP contribution < -0.4 is 16.0 Å². The van der Waals surface area contributed by atoms with Crippen molar-refractivity contribution < 1.29 is 0 Å². The van der Waals surface area contributed by atoms with Gasteiger partial charge in [0.15, 0.2) is 0 Å². The van der Waals surface area contributed by atoms with Crippen LogP contribution in [-0.4, -0.2) is 40.6 Å². The highest BCUT2D eigenvalue weighted by molar-refractivity contribution is 5.86.